The lowest BCUT2D eigenvalue weighted by molar-refractivity contribution is -0.219. The Morgan fingerprint density at radius 1 is 1.00 bits per heavy atom. The van der Waals surface area contributed by atoms with Crippen LogP contribution >= 0.6 is 11.3 Å². The number of hydrogen-bond donors (Lipinski definition) is 3. The molecule has 0 radical (unpaired) electrons. The average Bonchev–Trinajstić information content (AvgIpc) is 3.07. The fourth-order valence-corrected chi connectivity index (χ4v) is 4.63. The number of aliphatic hydroxyl groups excluding tert-OH is 3. The van der Waals surface area contributed by atoms with Gasteiger partial charge in [0.1, 0.15) is 30.2 Å². The van der Waals surface area contributed by atoms with Gasteiger partial charge in [0, 0.05) is 16.0 Å². The van der Waals surface area contributed by atoms with E-state index in [2.05, 4.69) is 6.07 Å². The molecule has 2 aromatic carbocycles. The Kier molecular flexibility index (Phi) is 5.01. The summed E-state index contributed by atoms with van der Waals surface area (Å²) in [6.07, 6.45) is -4.77. The molecule has 6 heteroatoms. The van der Waals surface area contributed by atoms with Gasteiger partial charge in [0.15, 0.2) is 0 Å². The van der Waals surface area contributed by atoms with E-state index in [9.17, 15) is 19.7 Å². The fourth-order valence-electron chi connectivity index (χ4n) is 3.55. The zero-order valence-electron chi connectivity index (χ0n) is 14.7. The summed E-state index contributed by atoms with van der Waals surface area (Å²) in [5, 5.41) is 31.3. The Hall–Kier alpha value is -1.83. The van der Waals surface area contributed by atoms with Gasteiger partial charge >= 0.3 is 0 Å². The molecule has 142 valence electrons. The molecular weight excluding hydrogens is 367 g/mol. The SMILES string of the molecule is C[C@H]1O[C@@H](c2ccc(F)c(Cc3cc4ccccc4s3)c2)C(O)[C@@H](O)[C@H]1O. The molecule has 1 aromatic heterocycles. The van der Waals surface area contributed by atoms with E-state index < -0.39 is 30.5 Å². The standard InChI is InChI=1S/C21H21FO4S/c1-11-18(23)19(24)20(25)21(26-11)13-6-7-16(22)14(8-13)10-15-9-12-4-2-3-5-17(12)27-15/h2-9,11,18-21,23-25H,10H2,1H3/t11-,18+,19+,20?,21+/m1/s1. The van der Waals surface area contributed by atoms with Crippen molar-refractivity contribution >= 4 is 21.4 Å². The van der Waals surface area contributed by atoms with Crippen LogP contribution in [-0.4, -0.2) is 39.7 Å². The topological polar surface area (TPSA) is 69.9 Å². The van der Waals surface area contributed by atoms with E-state index in [1.807, 2.05) is 24.3 Å². The van der Waals surface area contributed by atoms with Gasteiger partial charge in [-0.25, -0.2) is 4.39 Å². The highest BCUT2D eigenvalue weighted by Gasteiger charge is 2.42. The fraction of sp³-hybridized carbons (Fsp3) is 0.333. The van der Waals surface area contributed by atoms with Crippen LogP contribution in [0.2, 0.25) is 0 Å². The van der Waals surface area contributed by atoms with Crippen LogP contribution in [0.4, 0.5) is 4.39 Å². The van der Waals surface area contributed by atoms with E-state index in [-0.39, 0.29) is 5.82 Å². The molecule has 1 fully saturated rings. The second-order valence-corrected chi connectivity index (χ2v) is 8.18. The predicted molar refractivity (Wildman–Crippen MR) is 102 cm³/mol. The van der Waals surface area contributed by atoms with Crippen LogP contribution in [0.15, 0.2) is 48.5 Å². The first-order valence-corrected chi connectivity index (χ1v) is 9.71. The molecule has 0 spiro atoms. The first kappa shape index (κ1) is 18.5. The lowest BCUT2D eigenvalue weighted by Crippen LogP contribution is -2.53. The second kappa shape index (κ2) is 7.30. The van der Waals surface area contributed by atoms with Crippen molar-refractivity contribution in [3.05, 3.63) is 70.4 Å². The molecule has 1 unspecified atom stereocenters. The van der Waals surface area contributed by atoms with Crippen molar-refractivity contribution in [2.24, 2.45) is 0 Å². The highest BCUT2D eigenvalue weighted by atomic mass is 32.1. The summed E-state index contributed by atoms with van der Waals surface area (Å²) in [5.41, 5.74) is 1.08. The minimum Gasteiger partial charge on any atom is -0.388 e. The van der Waals surface area contributed by atoms with Crippen molar-refractivity contribution in [2.75, 3.05) is 0 Å². The summed E-state index contributed by atoms with van der Waals surface area (Å²) in [6, 6.07) is 14.7. The highest BCUT2D eigenvalue weighted by molar-refractivity contribution is 7.19. The molecule has 3 N–H and O–H groups in total. The van der Waals surface area contributed by atoms with Crippen molar-refractivity contribution in [2.45, 2.75) is 43.9 Å². The van der Waals surface area contributed by atoms with Gasteiger partial charge in [0.05, 0.1) is 6.10 Å². The van der Waals surface area contributed by atoms with Gasteiger partial charge in [0.2, 0.25) is 0 Å². The molecule has 27 heavy (non-hydrogen) atoms. The third-order valence-corrected chi connectivity index (χ3v) is 6.21. The smallest absolute Gasteiger partial charge is 0.126 e. The largest absolute Gasteiger partial charge is 0.388 e. The van der Waals surface area contributed by atoms with Crippen LogP contribution in [0.3, 0.4) is 0 Å². The van der Waals surface area contributed by atoms with Crippen molar-refractivity contribution in [3.63, 3.8) is 0 Å². The van der Waals surface area contributed by atoms with E-state index >= 15 is 0 Å². The predicted octanol–water partition coefficient (Wildman–Crippen LogP) is 3.17. The zero-order chi connectivity index (χ0) is 19.1. The highest BCUT2D eigenvalue weighted by Crippen LogP contribution is 2.34. The number of fused-ring (bicyclic) bond motifs is 1. The molecule has 2 heterocycles. The number of aliphatic hydroxyl groups is 3. The first-order chi connectivity index (χ1) is 12.9. The number of thiophene rings is 1. The third-order valence-electron chi connectivity index (χ3n) is 5.09. The van der Waals surface area contributed by atoms with E-state index in [0.29, 0.717) is 17.5 Å². The number of ether oxygens (including phenoxy) is 1. The lowest BCUT2D eigenvalue weighted by Gasteiger charge is -2.39. The van der Waals surface area contributed by atoms with Crippen molar-refractivity contribution in [1.29, 1.82) is 0 Å². The Balaban J connectivity index is 1.63. The molecule has 5 atom stereocenters. The summed E-state index contributed by atoms with van der Waals surface area (Å²) >= 11 is 1.62. The van der Waals surface area contributed by atoms with Crippen molar-refractivity contribution in [3.8, 4) is 0 Å². The monoisotopic (exact) mass is 388 g/mol. The minimum atomic E-state index is -1.31. The van der Waals surface area contributed by atoms with Gasteiger partial charge in [-0.05, 0) is 47.7 Å². The number of hydrogen-bond acceptors (Lipinski definition) is 5. The van der Waals surface area contributed by atoms with Crippen LogP contribution in [0, 0.1) is 5.82 Å². The zero-order valence-corrected chi connectivity index (χ0v) is 15.6. The summed E-state index contributed by atoms with van der Waals surface area (Å²) in [7, 11) is 0. The molecule has 0 amide bonds. The normalized spacial score (nSPS) is 28.6. The van der Waals surface area contributed by atoms with Crippen LogP contribution in [0.25, 0.3) is 10.1 Å². The molecule has 4 rings (SSSR count). The van der Waals surface area contributed by atoms with Gasteiger partial charge in [-0.1, -0.05) is 24.3 Å². The summed E-state index contributed by atoms with van der Waals surface area (Å²) in [5.74, 6) is -0.324. The summed E-state index contributed by atoms with van der Waals surface area (Å²) in [6.45, 7) is 1.63. The summed E-state index contributed by atoms with van der Waals surface area (Å²) < 4.78 is 21.2. The van der Waals surface area contributed by atoms with Crippen LogP contribution < -0.4 is 0 Å². The number of halogens is 1. The van der Waals surface area contributed by atoms with Crippen molar-refractivity contribution in [1.82, 2.24) is 0 Å². The van der Waals surface area contributed by atoms with Crippen molar-refractivity contribution < 1.29 is 24.4 Å². The van der Waals surface area contributed by atoms with Gasteiger partial charge in [0.25, 0.3) is 0 Å². The quantitative estimate of drug-likeness (QED) is 0.645. The number of benzene rings is 2. The molecular formula is C21H21FO4S. The lowest BCUT2D eigenvalue weighted by atomic mass is 9.90. The van der Waals surface area contributed by atoms with Gasteiger partial charge < -0.3 is 20.1 Å². The maximum Gasteiger partial charge on any atom is 0.126 e. The second-order valence-electron chi connectivity index (χ2n) is 7.01. The Morgan fingerprint density at radius 2 is 1.78 bits per heavy atom. The van der Waals surface area contributed by atoms with Gasteiger partial charge in [-0.3, -0.25) is 0 Å². The van der Waals surface area contributed by atoms with E-state index in [1.54, 1.807) is 30.4 Å². The summed E-state index contributed by atoms with van der Waals surface area (Å²) in [4.78, 5) is 1.04. The molecule has 1 saturated heterocycles. The molecule has 1 aliphatic heterocycles. The molecule has 0 aliphatic carbocycles. The van der Waals surface area contributed by atoms with E-state index in [1.165, 1.54) is 6.07 Å². The van der Waals surface area contributed by atoms with Crippen LogP contribution in [-0.2, 0) is 11.2 Å². The van der Waals surface area contributed by atoms with E-state index in [4.69, 9.17) is 4.74 Å². The number of rotatable bonds is 3. The molecule has 4 nitrogen and oxygen atoms in total. The molecule has 0 bridgehead atoms. The van der Waals surface area contributed by atoms with E-state index in [0.717, 1.165) is 15.0 Å². The minimum absolute atomic E-state index is 0.324. The third kappa shape index (κ3) is 3.51. The maximum atomic E-state index is 14.4. The van der Waals surface area contributed by atoms with Gasteiger partial charge in [-0.15, -0.1) is 11.3 Å². The molecule has 3 aromatic rings. The first-order valence-electron chi connectivity index (χ1n) is 8.89. The van der Waals surface area contributed by atoms with Gasteiger partial charge in [-0.2, -0.15) is 0 Å². The Labute approximate surface area is 160 Å². The van der Waals surface area contributed by atoms with Crippen LogP contribution in [0.1, 0.15) is 29.0 Å². The Bertz CT molecular complexity index is 923. The van der Waals surface area contributed by atoms with Crippen LogP contribution in [0.5, 0.6) is 0 Å². The average molecular weight is 388 g/mol. The Morgan fingerprint density at radius 3 is 2.56 bits per heavy atom. The molecule has 1 aliphatic rings. The molecule has 0 saturated carbocycles. The maximum absolute atomic E-state index is 14.4.